The quantitative estimate of drug-likeness (QED) is 0.787. The second-order valence-electron chi connectivity index (χ2n) is 4.63. The van der Waals surface area contributed by atoms with Gasteiger partial charge >= 0.3 is 0 Å². The van der Waals surface area contributed by atoms with Crippen molar-refractivity contribution in [2.45, 2.75) is 13.5 Å². The van der Waals surface area contributed by atoms with E-state index in [4.69, 9.17) is 4.52 Å². The molecule has 0 radical (unpaired) electrons. The Morgan fingerprint density at radius 3 is 2.75 bits per heavy atom. The number of nitrogens with one attached hydrogen (secondary N) is 1. The van der Waals surface area contributed by atoms with E-state index in [0.29, 0.717) is 18.3 Å². The lowest BCUT2D eigenvalue weighted by atomic mass is 10.2. The first-order valence-electron chi connectivity index (χ1n) is 6.33. The Hall–Kier alpha value is -2.63. The van der Waals surface area contributed by atoms with Gasteiger partial charge in [-0.2, -0.15) is 10.1 Å². The first-order chi connectivity index (χ1) is 9.70. The summed E-state index contributed by atoms with van der Waals surface area (Å²) in [5, 5.41) is 11.3. The van der Waals surface area contributed by atoms with Crippen molar-refractivity contribution in [1.82, 2.24) is 19.9 Å². The van der Waals surface area contributed by atoms with Gasteiger partial charge in [0.1, 0.15) is 0 Å². The minimum absolute atomic E-state index is 0.496. The first kappa shape index (κ1) is 12.4. The molecule has 1 aromatic carbocycles. The van der Waals surface area contributed by atoms with Gasteiger partial charge in [-0.05, 0) is 19.1 Å². The number of anilines is 1. The largest absolute Gasteiger partial charge is 0.376 e. The summed E-state index contributed by atoms with van der Waals surface area (Å²) in [6, 6.07) is 8.15. The fourth-order valence-electron chi connectivity index (χ4n) is 1.83. The minimum atomic E-state index is 0.496. The average Bonchev–Trinajstić information content (AvgIpc) is 3.07. The maximum Gasteiger partial charge on any atom is 0.246 e. The highest BCUT2D eigenvalue weighted by molar-refractivity contribution is 5.51. The molecule has 3 aromatic rings. The molecule has 2 aromatic heterocycles. The highest BCUT2D eigenvalue weighted by Crippen LogP contribution is 2.15. The third kappa shape index (κ3) is 2.69. The fourth-order valence-corrected chi connectivity index (χ4v) is 1.83. The van der Waals surface area contributed by atoms with Gasteiger partial charge < -0.3 is 9.84 Å². The molecule has 6 nitrogen and oxygen atoms in total. The molecule has 0 aliphatic heterocycles. The highest BCUT2D eigenvalue weighted by Gasteiger charge is 2.09. The molecule has 0 atom stereocenters. The van der Waals surface area contributed by atoms with Gasteiger partial charge in [-0.3, -0.25) is 4.68 Å². The minimum Gasteiger partial charge on any atom is -0.376 e. The van der Waals surface area contributed by atoms with E-state index in [1.54, 1.807) is 10.9 Å². The third-order valence-electron chi connectivity index (χ3n) is 2.93. The van der Waals surface area contributed by atoms with Crippen molar-refractivity contribution in [3.05, 3.63) is 48.1 Å². The molecular formula is C14H15N5O. The predicted octanol–water partition coefficient (Wildman–Crippen LogP) is 2.39. The number of aromatic nitrogens is 4. The van der Waals surface area contributed by atoms with Crippen LogP contribution in [0.1, 0.15) is 11.5 Å². The summed E-state index contributed by atoms with van der Waals surface area (Å²) in [6.07, 6.45) is 3.56. The standard InChI is InChI=1S/C14H15N5O/c1-10-3-5-12(6-4-10)15-8-13-17-14(18-20-13)11-7-16-19(2)9-11/h3-7,9,15H,8H2,1-2H3. The van der Waals surface area contributed by atoms with Gasteiger partial charge in [-0.15, -0.1) is 0 Å². The normalized spacial score (nSPS) is 10.7. The van der Waals surface area contributed by atoms with E-state index in [1.807, 2.05) is 25.4 Å². The molecule has 0 unspecified atom stereocenters. The summed E-state index contributed by atoms with van der Waals surface area (Å²) < 4.78 is 6.92. The average molecular weight is 269 g/mol. The van der Waals surface area contributed by atoms with Gasteiger partial charge in [0.05, 0.1) is 18.3 Å². The summed E-state index contributed by atoms with van der Waals surface area (Å²) in [5.74, 6) is 1.10. The van der Waals surface area contributed by atoms with Crippen molar-refractivity contribution in [2.24, 2.45) is 7.05 Å². The van der Waals surface area contributed by atoms with Crippen LogP contribution in [0.2, 0.25) is 0 Å². The number of benzene rings is 1. The maximum atomic E-state index is 5.21. The summed E-state index contributed by atoms with van der Waals surface area (Å²) in [5.41, 5.74) is 3.10. The van der Waals surface area contributed by atoms with Crippen LogP contribution >= 0.6 is 0 Å². The van der Waals surface area contributed by atoms with Crippen molar-refractivity contribution < 1.29 is 4.52 Å². The lowest BCUT2D eigenvalue weighted by Crippen LogP contribution is -1.99. The number of hydrogen-bond acceptors (Lipinski definition) is 5. The zero-order chi connectivity index (χ0) is 13.9. The Balaban J connectivity index is 1.67. The van der Waals surface area contributed by atoms with Crippen molar-refractivity contribution in [3.8, 4) is 11.4 Å². The van der Waals surface area contributed by atoms with Gasteiger partial charge in [0.25, 0.3) is 0 Å². The van der Waals surface area contributed by atoms with E-state index < -0.39 is 0 Å². The molecule has 1 N–H and O–H groups in total. The summed E-state index contributed by atoms with van der Waals surface area (Å²) in [6.45, 7) is 2.55. The smallest absolute Gasteiger partial charge is 0.246 e. The summed E-state index contributed by atoms with van der Waals surface area (Å²) >= 11 is 0. The third-order valence-corrected chi connectivity index (χ3v) is 2.93. The second-order valence-corrected chi connectivity index (χ2v) is 4.63. The summed E-state index contributed by atoms with van der Waals surface area (Å²) in [4.78, 5) is 4.33. The Kier molecular flexibility index (Phi) is 3.20. The Morgan fingerprint density at radius 2 is 2.05 bits per heavy atom. The molecule has 0 amide bonds. The van der Waals surface area contributed by atoms with Crippen molar-refractivity contribution in [3.63, 3.8) is 0 Å². The Morgan fingerprint density at radius 1 is 1.25 bits per heavy atom. The van der Waals surface area contributed by atoms with Gasteiger partial charge in [0.2, 0.25) is 11.7 Å². The van der Waals surface area contributed by atoms with Gasteiger partial charge in [-0.25, -0.2) is 0 Å². The van der Waals surface area contributed by atoms with E-state index in [0.717, 1.165) is 11.3 Å². The predicted molar refractivity (Wildman–Crippen MR) is 75.0 cm³/mol. The molecule has 0 spiro atoms. The molecule has 0 bridgehead atoms. The highest BCUT2D eigenvalue weighted by atomic mass is 16.5. The van der Waals surface area contributed by atoms with Crippen LogP contribution in [0, 0.1) is 6.92 Å². The van der Waals surface area contributed by atoms with E-state index in [9.17, 15) is 0 Å². The Labute approximate surface area is 116 Å². The monoisotopic (exact) mass is 269 g/mol. The maximum absolute atomic E-state index is 5.21. The van der Waals surface area contributed by atoms with E-state index in [2.05, 4.69) is 39.6 Å². The van der Waals surface area contributed by atoms with E-state index in [1.165, 1.54) is 5.56 Å². The van der Waals surface area contributed by atoms with Gasteiger partial charge in [0.15, 0.2) is 0 Å². The molecule has 0 saturated heterocycles. The van der Waals surface area contributed by atoms with Crippen LogP contribution in [0.5, 0.6) is 0 Å². The van der Waals surface area contributed by atoms with Crippen LogP contribution < -0.4 is 5.32 Å². The van der Waals surface area contributed by atoms with Crippen LogP contribution in [0.15, 0.2) is 41.2 Å². The molecule has 6 heteroatoms. The van der Waals surface area contributed by atoms with Crippen LogP contribution in [0.3, 0.4) is 0 Å². The molecule has 2 heterocycles. The van der Waals surface area contributed by atoms with Crippen LogP contribution in [-0.4, -0.2) is 19.9 Å². The van der Waals surface area contributed by atoms with Crippen molar-refractivity contribution >= 4 is 5.69 Å². The van der Waals surface area contributed by atoms with Crippen LogP contribution in [-0.2, 0) is 13.6 Å². The molecule has 0 fully saturated rings. The van der Waals surface area contributed by atoms with E-state index in [-0.39, 0.29) is 0 Å². The molecule has 0 aliphatic rings. The molecule has 3 rings (SSSR count). The molecular weight excluding hydrogens is 254 g/mol. The first-order valence-corrected chi connectivity index (χ1v) is 6.33. The number of rotatable bonds is 4. The van der Waals surface area contributed by atoms with Crippen molar-refractivity contribution in [1.29, 1.82) is 0 Å². The number of nitrogens with zero attached hydrogens (tertiary/aromatic N) is 4. The van der Waals surface area contributed by atoms with Gasteiger partial charge in [0, 0.05) is 18.9 Å². The topological polar surface area (TPSA) is 68.8 Å². The van der Waals surface area contributed by atoms with Crippen LogP contribution in [0.25, 0.3) is 11.4 Å². The molecule has 0 saturated carbocycles. The number of hydrogen-bond donors (Lipinski definition) is 1. The summed E-state index contributed by atoms with van der Waals surface area (Å²) in [7, 11) is 1.85. The SMILES string of the molecule is Cc1ccc(NCc2nc(-c3cnn(C)c3)no2)cc1. The lowest BCUT2D eigenvalue weighted by Gasteiger charge is -2.02. The zero-order valence-electron chi connectivity index (χ0n) is 11.4. The van der Waals surface area contributed by atoms with E-state index >= 15 is 0 Å². The molecule has 0 aliphatic carbocycles. The Bertz CT molecular complexity index is 698. The zero-order valence-corrected chi connectivity index (χ0v) is 11.4. The molecule has 20 heavy (non-hydrogen) atoms. The lowest BCUT2D eigenvalue weighted by molar-refractivity contribution is 0.384. The van der Waals surface area contributed by atoms with Gasteiger partial charge in [-0.1, -0.05) is 22.9 Å². The fraction of sp³-hybridized carbons (Fsp3) is 0.214. The molecule has 102 valence electrons. The van der Waals surface area contributed by atoms with Crippen LogP contribution in [0.4, 0.5) is 5.69 Å². The second kappa shape index (κ2) is 5.16. The number of aryl methyl sites for hydroxylation is 2. The van der Waals surface area contributed by atoms with Crippen molar-refractivity contribution in [2.75, 3.05) is 5.32 Å².